The van der Waals surface area contributed by atoms with Gasteiger partial charge in [-0.2, -0.15) is 0 Å². The lowest BCUT2D eigenvalue weighted by Crippen LogP contribution is -2.56. The van der Waals surface area contributed by atoms with Crippen molar-refractivity contribution in [2.75, 3.05) is 13.1 Å². The molecule has 2 aliphatic rings. The number of hydrogen-bond acceptors (Lipinski definition) is 4. The van der Waals surface area contributed by atoms with Crippen molar-refractivity contribution in [3.8, 4) is 0 Å². The van der Waals surface area contributed by atoms with Gasteiger partial charge in [0.05, 0.1) is 0 Å². The minimum Gasteiger partial charge on any atom is -0.462 e. The Hall–Kier alpha value is -2.21. The van der Waals surface area contributed by atoms with E-state index in [0.29, 0.717) is 30.2 Å². The van der Waals surface area contributed by atoms with Gasteiger partial charge in [-0.05, 0) is 62.2 Å². The molecule has 0 saturated carbocycles. The van der Waals surface area contributed by atoms with Crippen LogP contribution in [0.5, 0.6) is 0 Å². The molecule has 2 aliphatic heterocycles. The zero-order valence-corrected chi connectivity index (χ0v) is 17.1. The number of rotatable bonds is 3. The highest BCUT2D eigenvalue weighted by Gasteiger charge is 2.39. The van der Waals surface area contributed by atoms with E-state index in [1.807, 2.05) is 26.0 Å². The van der Waals surface area contributed by atoms with Crippen LogP contribution in [-0.4, -0.2) is 39.8 Å². The van der Waals surface area contributed by atoms with Gasteiger partial charge in [0.15, 0.2) is 5.11 Å². The molecule has 0 radical (unpaired) electrons. The van der Waals surface area contributed by atoms with E-state index < -0.39 is 0 Å². The van der Waals surface area contributed by atoms with Gasteiger partial charge >= 0.3 is 0 Å². The quantitative estimate of drug-likeness (QED) is 0.429. The van der Waals surface area contributed by atoms with Crippen LogP contribution in [0.4, 0.5) is 0 Å². The summed E-state index contributed by atoms with van der Waals surface area (Å²) in [5.74, 6) is 0.512. The first kappa shape index (κ1) is 20.1. The van der Waals surface area contributed by atoms with Gasteiger partial charge < -0.3 is 4.74 Å². The largest absolute Gasteiger partial charge is 0.462 e. The SMILES string of the molecule is CCN1C(=O)C(=C2C=C(C)OC(/C=C/C(C)(C)C)=C2)C(=O)N(CC)C1=S. The molecule has 0 aromatic rings. The number of allylic oxidation sites excluding steroid dienone is 6. The van der Waals surface area contributed by atoms with Crippen LogP contribution in [0.25, 0.3) is 0 Å². The summed E-state index contributed by atoms with van der Waals surface area (Å²) in [7, 11) is 0. The van der Waals surface area contributed by atoms with Crippen LogP contribution < -0.4 is 0 Å². The summed E-state index contributed by atoms with van der Waals surface area (Å²) in [5, 5.41) is 0.263. The van der Waals surface area contributed by atoms with Crippen LogP contribution in [0.1, 0.15) is 41.5 Å². The van der Waals surface area contributed by atoms with Gasteiger partial charge in [-0.1, -0.05) is 26.8 Å². The molecular weight excluding hydrogens is 348 g/mol. The first-order valence-corrected chi connectivity index (χ1v) is 9.19. The summed E-state index contributed by atoms with van der Waals surface area (Å²) >= 11 is 5.31. The van der Waals surface area contributed by atoms with Gasteiger partial charge in [0.2, 0.25) is 0 Å². The Balaban J connectivity index is 2.56. The molecule has 0 aromatic heterocycles. The van der Waals surface area contributed by atoms with Crippen molar-refractivity contribution >= 4 is 29.1 Å². The van der Waals surface area contributed by atoms with Crippen molar-refractivity contribution in [1.29, 1.82) is 0 Å². The number of amides is 2. The summed E-state index contributed by atoms with van der Waals surface area (Å²) in [4.78, 5) is 28.7. The summed E-state index contributed by atoms with van der Waals surface area (Å²) in [6.07, 6.45) is 7.34. The average molecular weight is 375 g/mol. The van der Waals surface area contributed by atoms with Crippen LogP contribution in [0, 0.1) is 5.41 Å². The molecule has 0 aromatic carbocycles. The molecule has 0 atom stereocenters. The van der Waals surface area contributed by atoms with E-state index in [2.05, 4.69) is 20.8 Å². The maximum absolute atomic E-state index is 12.9. The fraction of sp³-hybridized carbons (Fsp3) is 0.450. The molecule has 2 heterocycles. The molecule has 6 heteroatoms. The van der Waals surface area contributed by atoms with Crippen LogP contribution in [0.3, 0.4) is 0 Å². The Bertz CT molecular complexity index is 738. The maximum atomic E-state index is 12.9. The van der Waals surface area contributed by atoms with E-state index in [4.69, 9.17) is 17.0 Å². The highest BCUT2D eigenvalue weighted by Crippen LogP contribution is 2.28. The molecule has 0 N–H and O–H groups in total. The Morgan fingerprint density at radius 1 is 1.08 bits per heavy atom. The topological polar surface area (TPSA) is 49.9 Å². The van der Waals surface area contributed by atoms with E-state index in [1.54, 1.807) is 19.1 Å². The standard InChI is InChI=1S/C20H26N2O3S/c1-7-21-17(23)16(18(24)22(8-2)19(21)26)14-11-13(3)25-15(12-14)9-10-20(4,5)6/h9-12H,7-8H2,1-6H3/b10-9+. The second-order valence-electron chi connectivity index (χ2n) is 7.31. The predicted molar refractivity (Wildman–Crippen MR) is 106 cm³/mol. The monoisotopic (exact) mass is 374 g/mol. The molecule has 0 aliphatic carbocycles. The minimum absolute atomic E-state index is 0.00669. The number of ether oxygens (including phenoxy) is 1. The van der Waals surface area contributed by atoms with Crippen LogP contribution in [-0.2, 0) is 14.3 Å². The Kier molecular flexibility index (Phi) is 5.86. The molecule has 0 unspecified atom stereocenters. The molecule has 26 heavy (non-hydrogen) atoms. The van der Waals surface area contributed by atoms with E-state index in [1.165, 1.54) is 9.80 Å². The number of carbonyl (C=O) groups excluding carboxylic acids is 2. The second kappa shape index (κ2) is 7.58. The van der Waals surface area contributed by atoms with E-state index in [9.17, 15) is 9.59 Å². The molecule has 5 nitrogen and oxygen atoms in total. The Morgan fingerprint density at radius 2 is 1.62 bits per heavy atom. The lowest BCUT2D eigenvalue weighted by atomic mass is 9.95. The fourth-order valence-corrected chi connectivity index (χ4v) is 3.13. The minimum atomic E-state index is -0.358. The lowest BCUT2D eigenvalue weighted by molar-refractivity contribution is -0.133. The fourth-order valence-electron chi connectivity index (χ4n) is 2.70. The van der Waals surface area contributed by atoms with Gasteiger partial charge in [-0.3, -0.25) is 19.4 Å². The zero-order chi connectivity index (χ0) is 19.6. The number of thiocarbonyl (C=S) groups is 1. The van der Waals surface area contributed by atoms with Crippen molar-refractivity contribution < 1.29 is 14.3 Å². The van der Waals surface area contributed by atoms with Crippen molar-refractivity contribution in [2.45, 2.75) is 41.5 Å². The molecule has 0 bridgehead atoms. The summed E-state index contributed by atoms with van der Waals surface area (Å²) < 4.78 is 5.73. The third kappa shape index (κ3) is 4.12. The van der Waals surface area contributed by atoms with Gasteiger partial charge in [0.25, 0.3) is 11.8 Å². The van der Waals surface area contributed by atoms with Crippen molar-refractivity contribution in [2.24, 2.45) is 5.41 Å². The van der Waals surface area contributed by atoms with Gasteiger partial charge in [-0.25, -0.2) is 0 Å². The highest BCUT2D eigenvalue weighted by atomic mass is 32.1. The average Bonchev–Trinajstić information content (AvgIpc) is 2.52. The molecule has 1 saturated heterocycles. The molecule has 2 rings (SSSR count). The summed E-state index contributed by atoms with van der Waals surface area (Å²) in [6, 6.07) is 0. The van der Waals surface area contributed by atoms with Gasteiger partial charge in [-0.15, -0.1) is 0 Å². The third-order valence-corrected chi connectivity index (χ3v) is 4.42. The lowest BCUT2D eigenvalue weighted by Gasteiger charge is -2.36. The van der Waals surface area contributed by atoms with E-state index >= 15 is 0 Å². The van der Waals surface area contributed by atoms with E-state index in [-0.39, 0.29) is 27.9 Å². The molecule has 0 spiro atoms. The summed E-state index contributed by atoms with van der Waals surface area (Å²) in [6.45, 7) is 12.6. The van der Waals surface area contributed by atoms with E-state index in [0.717, 1.165) is 0 Å². The van der Waals surface area contributed by atoms with Gasteiger partial charge in [0.1, 0.15) is 17.1 Å². The van der Waals surface area contributed by atoms with Crippen molar-refractivity contribution in [3.63, 3.8) is 0 Å². The maximum Gasteiger partial charge on any atom is 0.266 e. The van der Waals surface area contributed by atoms with Gasteiger partial charge in [0, 0.05) is 13.1 Å². The third-order valence-electron chi connectivity index (χ3n) is 3.98. The number of carbonyl (C=O) groups is 2. The van der Waals surface area contributed by atoms with Crippen LogP contribution in [0.2, 0.25) is 0 Å². The normalized spacial score (nSPS) is 19.2. The number of nitrogens with zero attached hydrogens (tertiary/aromatic N) is 2. The molecular formula is C20H26N2O3S. The Morgan fingerprint density at radius 3 is 2.08 bits per heavy atom. The second-order valence-corrected chi connectivity index (χ2v) is 7.68. The molecule has 140 valence electrons. The summed E-state index contributed by atoms with van der Waals surface area (Å²) in [5.41, 5.74) is 0.677. The smallest absolute Gasteiger partial charge is 0.266 e. The predicted octanol–water partition coefficient (Wildman–Crippen LogP) is 3.70. The molecule has 1 fully saturated rings. The van der Waals surface area contributed by atoms with Crippen LogP contribution in [0.15, 0.2) is 47.0 Å². The first-order chi connectivity index (χ1) is 12.1. The molecule has 2 amide bonds. The zero-order valence-electron chi connectivity index (χ0n) is 16.3. The highest BCUT2D eigenvalue weighted by molar-refractivity contribution is 7.80. The van der Waals surface area contributed by atoms with Crippen LogP contribution >= 0.6 is 12.2 Å². The van der Waals surface area contributed by atoms with Crippen molar-refractivity contribution in [1.82, 2.24) is 9.80 Å². The number of likely N-dealkylation sites (N-methyl/N-ethyl adjacent to an activating group) is 2. The first-order valence-electron chi connectivity index (χ1n) is 8.78. The van der Waals surface area contributed by atoms with Crippen molar-refractivity contribution in [3.05, 3.63) is 47.0 Å². The Labute approximate surface area is 160 Å². The number of hydrogen-bond donors (Lipinski definition) is 0.